The van der Waals surface area contributed by atoms with Gasteiger partial charge in [-0.2, -0.15) is 10.2 Å². The van der Waals surface area contributed by atoms with Gasteiger partial charge in [-0.25, -0.2) is 4.79 Å². The smallest absolute Gasteiger partial charge is 0.375 e. The molecule has 3 rings (SSSR count). The van der Waals surface area contributed by atoms with Crippen molar-refractivity contribution in [2.45, 2.75) is 6.92 Å². The van der Waals surface area contributed by atoms with Crippen LogP contribution in [-0.4, -0.2) is 18.5 Å². The first kappa shape index (κ1) is 18.1. The lowest BCUT2D eigenvalue weighted by molar-refractivity contribution is -0.119. The third-order valence-corrected chi connectivity index (χ3v) is 3.57. The molecular weight excluding hydrogens is 346 g/mol. The molecule has 0 unspecified atom stereocenters. The van der Waals surface area contributed by atoms with Gasteiger partial charge in [-0.1, -0.05) is 18.2 Å². The number of aryl methyl sites for hydroxylation is 1. The summed E-state index contributed by atoms with van der Waals surface area (Å²) >= 11 is 0. The van der Waals surface area contributed by atoms with Crippen LogP contribution in [0, 0.1) is 6.92 Å². The molecule has 3 aromatic rings. The van der Waals surface area contributed by atoms with E-state index in [0.717, 1.165) is 5.69 Å². The van der Waals surface area contributed by atoms with Crippen molar-refractivity contribution >= 4 is 28.9 Å². The molecule has 136 valence electrons. The van der Waals surface area contributed by atoms with E-state index in [-0.39, 0.29) is 5.76 Å². The second kappa shape index (κ2) is 8.57. The Morgan fingerprint density at radius 3 is 2.26 bits per heavy atom. The number of ether oxygens (including phenoxy) is 1. The van der Waals surface area contributed by atoms with Crippen LogP contribution >= 0.6 is 0 Å². The summed E-state index contributed by atoms with van der Waals surface area (Å²) in [7, 11) is 0. The Kier molecular flexibility index (Phi) is 5.73. The van der Waals surface area contributed by atoms with Crippen molar-refractivity contribution in [2.24, 2.45) is 10.2 Å². The topological polar surface area (TPSA) is 93.3 Å². The third kappa shape index (κ3) is 5.12. The number of amides is 1. The highest BCUT2D eigenvalue weighted by atomic mass is 16.5. The van der Waals surface area contributed by atoms with Gasteiger partial charge in [-0.15, -0.1) is 0 Å². The molecule has 1 amide bonds. The van der Waals surface area contributed by atoms with Crippen molar-refractivity contribution in [3.8, 4) is 0 Å². The number of carbonyl (C=O) groups excluding carboxylic acids is 2. The Morgan fingerprint density at radius 1 is 0.963 bits per heavy atom. The van der Waals surface area contributed by atoms with Crippen molar-refractivity contribution < 1.29 is 18.7 Å². The Bertz CT molecular complexity index is 947. The number of nitrogens with zero attached hydrogens (tertiary/aromatic N) is 2. The van der Waals surface area contributed by atoms with Crippen LogP contribution in [0.5, 0.6) is 0 Å². The van der Waals surface area contributed by atoms with Gasteiger partial charge in [-0.05, 0) is 49.4 Å². The molecule has 0 spiro atoms. The van der Waals surface area contributed by atoms with Crippen molar-refractivity contribution in [2.75, 3.05) is 11.9 Å². The zero-order valence-corrected chi connectivity index (χ0v) is 14.6. The van der Waals surface area contributed by atoms with Crippen LogP contribution in [0.1, 0.15) is 16.1 Å². The highest BCUT2D eigenvalue weighted by molar-refractivity contribution is 5.95. The van der Waals surface area contributed by atoms with Crippen molar-refractivity contribution in [1.29, 1.82) is 0 Å². The maximum absolute atomic E-state index is 11.9. The number of carbonyl (C=O) groups is 2. The van der Waals surface area contributed by atoms with E-state index in [1.54, 1.807) is 37.3 Å². The molecule has 0 fully saturated rings. The van der Waals surface area contributed by atoms with Gasteiger partial charge in [-0.3, -0.25) is 4.79 Å². The summed E-state index contributed by atoms with van der Waals surface area (Å²) in [5, 5.41) is 10.9. The summed E-state index contributed by atoms with van der Waals surface area (Å²) in [6.45, 7) is 1.31. The quantitative estimate of drug-likeness (QED) is 0.503. The van der Waals surface area contributed by atoms with E-state index in [1.807, 2.05) is 30.3 Å². The zero-order valence-electron chi connectivity index (χ0n) is 14.6. The van der Waals surface area contributed by atoms with Crippen LogP contribution in [0.25, 0.3) is 0 Å². The standard InChI is InChI=1S/C20H17N3O4/c1-14-11-12-26-19(14)20(25)27-13-18(24)21-15-7-9-17(10-8-15)23-22-16-5-3-2-4-6-16/h2-12H,13H2,1H3,(H,21,24). The van der Waals surface area contributed by atoms with E-state index < -0.39 is 18.5 Å². The summed E-state index contributed by atoms with van der Waals surface area (Å²) in [5.74, 6) is -1.04. The molecule has 2 aromatic carbocycles. The van der Waals surface area contributed by atoms with Crippen LogP contribution < -0.4 is 5.32 Å². The molecule has 0 saturated carbocycles. The highest BCUT2D eigenvalue weighted by Gasteiger charge is 2.15. The molecule has 0 atom stereocenters. The Hall–Kier alpha value is -3.74. The monoisotopic (exact) mass is 363 g/mol. The van der Waals surface area contributed by atoms with E-state index in [9.17, 15) is 9.59 Å². The molecule has 27 heavy (non-hydrogen) atoms. The Labute approximate surface area is 155 Å². The normalized spacial score (nSPS) is 10.7. The summed E-state index contributed by atoms with van der Waals surface area (Å²) in [6.07, 6.45) is 1.39. The van der Waals surface area contributed by atoms with Crippen LogP contribution in [0.3, 0.4) is 0 Å². The Balaban J connectivity index is 1.50. The van der Waals surface area contributed by atoms with Gasteiger partial charge in [0.25, 0.3) is 5.91 Å². The first-order valence-corrected chi connectivity index (χ1v) is 8.20. The van der Waals surface area contributed by atoms with Crippen LogP contribution in [0.15, 0.2) is 81.6 Å². The molecular formula is C20H17N3O4. The molecule has 1 heterocycles. The lowest BCUT2D eigenvalue weighted by Crippen LogP contribution is -2.20. The van der Waals surface area contributed by atoms with Gasteiger partial charge >= 0.3 is 5.97 Å². The summed E-state index contributed by atoms with van der Waals surface area (Å²) < 4.78 is 9.95. The first-order valence-electron chi connectivity index (χ1n) is 8.20. The van der Waals surface area contributed by atoms with Crippen molar-refractivity contribution in [1.82, 2.24) is 0 Å². The number of esters is 1. The summed E-state index contributed by atoms with van der Waals surface area (Å²) in [6, 6.07) is 17.8. The average molecular weight is 363 g/mol. The van der Waals surface area contributed by atoms with E-state index in [4.69, 9.17) is 9.15 Å². The average Bonchev–Trinajstić information content (AvgIpc) is 3.12. The van der Waals surface area contributed by atoms with Crippen molar-refractivity contribution in [3.63, 3.8) is 0 Å². The van der Waals surface area contributed by atoms with E-state index in [0.29, 0.717) is 16.9 Å². The maximum Gasteiger partial charge on any atom is 0.375 e. The number of azo groups is 1. The van der Waals surface area contributed by atoms with Gasteiger partial charge in [0.1, 0.15) is 0 Å². The second-order valence-electron chi connectivity index (χ2n) is 5.64. The molecule has 1 N–H and O–H groups in total. The fraction of sp³-hybridized carbons (Fsp3) is 0.100. The summed E-state index contributed by atoms with van der Waals surface area (Å²) in [4.78, 5) is 23.7. The van der Waals surface area contributed by atoms with E-state index in [1.165, 1.54) is 6.26 Å². The summed E-state index contributed by atoms with van der Waals surface area (Å²) in [5.41, 5.74) is 2.62. The minimum Gasteiger partial charge on any atom is -0.457 e. The van der Waals surface area contributed by atoms with Gasteiger partial charge < -0.3 is 14.5 Å². The maximum atomic E-state index is 11.9. The zero-order chi connectivity index (χ0) is 19.1. The predicted molar refractivity (Wildman–Crippen MR) is 99.4 cm³/mol. The number of hydrogen-bond donors (Lipinski definition) is 1. The van der Waals surface area contributed by atoms with Crippen molar-refractivity contribution in [3.05, 3.63) is 78.3 Å². The lowest BCUT2D eigenvalue weighted by Gasteiger charge is -2.06. The third-order valence-electron chi connectivity index (χ3n) is 3.57. The molecule has 0 saturated heterocycles. The number of nitrogens with one attached hydrogen (secondary N) is 1. The molecule has 0 bridgehead atoms. The molecule has 7 heteroatoms. The molecule has 1 aromatic heterocycles. The van der Waals surface area contributed by atoms with Gasteiger partial charge in [0.15, 0.2) is 6.61 Å². The van der Waals surface area contributed by atoms with Crippen LogP contribution in [0.4, 0.5) is 17.1 Å². The number of hydrogen-bond acceptors (Lipinski definition) is 6. The van der Waals surface area contributed by atoms with Crippen LogP contribution in [-0.2, 0) is 9.53 Å². The Morgan fingerprint density at radius 2 is 1.63 bits per heavy atom. The number of furan rings is 1. The minimum absolute atomic E-state index is 0.0935. The second-order valence-corrected chi connectivity index (χ2v) is 5.64. The highest BCUT2D eigenvalue weighted by Crippen LogP contribution is 2.20. The van der Waals surface area contributed by atoms with Gasteiger partial charge in [0.2, 0.25) is 5.76 Å². The number of benzene rings is 2. The van der Waals surface area contributed by atoms with Gasteiger partial charge in [0.05, 0.1) is 17.6 Å². The number of anilines is 1. The van der Waals surface area contributed by atoms with E-state index >= 15 is 0 Å². The fourth-order valence-corrected chi connectivity index (χ4v) is 2.20. The predicted octanol–water partition coefficient (Wildman–Crippen LogP) is 4.80. The lowest BCUT2D eigenvalue weighted by atomic mass is 10.3. The first-order chi connectivity index (χ1) is 13.1. The minimum atomic E-state index is -0.677. The molecule has 0 aliphatic rings. The molecule has 7 nitrogen and oxygen atoms in total. The SMILES string of the molecule is Cc1ccoc1C(=O)OCC(=O)Nc1ccc(N=Nc2ccccc2)cc1. The van der Waals surface area contributed by atoms with E-state index in [2.05, 4.69) is 15.5 Å². The van der Waals surface area contributed by atoms with Gasteiger partial charge in [0, 0.05) is 11.3 Å². The number of rotatable bonds is 6. The largest absolute Gasteiger partial charge is 0.457 e. The van der Waals surface area contributed by atoms with Crippen LogP contribution in [0.2, 0.25) is 0 Å². The fourth-order valence-electron chi connectivity index (χ4n) is 2.20. The molecule has 0 aliphatic carbocycles. The molecule has 0 aliphatic heterocycles. The molecule has 0 radical (unpaired) electrons.